The molecule has 0 saturated heterocycles. The van der Waals surface area contributed by atoms with Gasteiger partial charge in [-0.25, -0.2) is 0 Å². The second kappa shape index (κ2) is 16.2. The Labute approximate surface area is 338 Å². The van der Waals surface area contributed by atoms with Crippen molar-refractivity contribution in [2.75, 3.05) is 0 Å². The zero-order valence-corrected chi connectivity index (χ0v) is 36.8. The number of benzene rings is 8. The molecule has 8 rings (SSSR count). The summed E-state index contributed by atoms with van der Waals surface area (Å²) in [6.45, 7) is 14.9. The fourth-order valence-corrected chi connectivity index (χ4v) is 17.2. The summed E-state index contributed by atoms with van der Waals surface area (Å²) in [5.41, 5.74) is 8.47. The largest absolute Gasteiger partial charge is 0.0678 e. The van der Waals surface area contributed by atoms with Gasteiger partial charge in [-0.15, -0.1) is 0 Å². The van der Waals surface area contributed by atoms with Crippen molar-refractivity contribution in [2.24, 2.45) is 0 Å². The maximum Gasteiger partial charge on any atom is 0.0530 e. The first-order chi connectivity index (χ1) is 27.4. The first-order valence-electron chi connectivity index (χ1n) is 21.8. The second-order valence-electron chi connectivity index (χ2n) is 16.8. The van der Waals surface area contributed by atoms with E-state index in [0.717, 1.165) is 12.8 Å². The quantitative estimate of drug-likeness (QED) is 0.0588. The van der Waals surface area contributed by atoms with E-state index < -0.39 is 16.1 Å². The van der Waals surface area contributed by atoms with Crippen molar-refractivity contribution in [3.63, 3.8) is 0 Å². The van der Waals surface area contributed by atoms with Crippen LogP contribution < -0.4 is 0 Å². The molecule has 56 heavy (non-hydrogen) atoms. The fourth-order valence-electron chi connectivity index (χ4n) is 10.6. The van der Waals surface area contributed by atoms with Gasteiger partial charge in [0.2, 0.25) is 0 Å². The van der Waals surface area contributed by atoms with E-state index in [1.165, 1.54) is 124 Å². The van der Waals surface area contributed by atoms with Gasteiger partial charge < -0.3 is 0 Å². The zero-order chi connectivity index (χ0) is 38.9. The van der Waals surface area contributed by atoms with Crippen molar-refractivity contribution >= 4 is 70.0 Å². The van der Waals surface area contributed by atoms with E-state index in [2.05, 4.69) is 175 Å². The molecular weight excluding hydrogens is 705 g/mol. The van der Waals surface area contributed by atoms with Crippen LogP contribution >= 0.6 is 0 Å². The summed E-state index contributed by atoms with van der Waals surface area (Å²) >= 11 is 0. The number of hydrogen-bond acceptors (Lipinski definition) is 0. The second-order valence-corrected chi connectivity index (χ2v) is 28.0. The smallest absolute Gasteiger partial charge is 0.0530 e. The lowest BCUT2D eigenvalue weighted by Crippen LogP contribution is -2.31. The predicted octanol–water partition coefficient (Wildman–Crippen LogP) is 16.9. The Kier molecular flexibility index (Phi) is 11.1. The molecule has 2 heteroatoms. The molecule has 284 valence electrons. The van der Waals surface area contributed by atoms with Crippen molar-refractivity contribution in [2.45, 2.75) is 103 Å². The summed E-state index contributed by atoms with van der Waals surface area (Å²) in [6.07, 6.45) is 2.29. The molecule has 0 spiro atoms. The van der Waals surface area contributed by atoms with E-state index in [9.17, 15) is 0 Å². The van der Waals surface area contributed by atoms with Crippen molar-refractivity contribution in [1.82, 2.24) is 0 Å². The highest BCUT2D eigenvalue weighted by atomic mass is 28.3. The molecule has 0 fully saturated rings. The van der Waals surface area contributed by atoms with Crippen LogP contribution in [0, 0.1) is 0 Å². The molecule has 8 aromatic rings. The van der Waals surface area contributed by atoms with Crippen molar-refractivity contribution < 1.29 is 0 Å². The molecule has 0 atom stereocenters. The minimum absolute atomic E-state index is 1.14. The number of fused-ring (bicyclic) bond motifs is 6. The molecule has 0 radical (unpaired) electrons. The lowest BCUT2D eigenvalue weighted by atomic mass is 9.81. The Bertz CT molecular complexity index is 2630. The Morgan fingerprint density at radius 3 is 1.23 bits per heavy atom. The molecule has 0 saturated carbocycles. The predicted molar refractivity (Wildman–Crippen MR) is 256 cm³/mol. The molecule has 0 unspecified atom stereocenters. The van der Waals surface area contributed by atoms with Crippen LogP contribution in [0.15, 0.2) is 133 Å². The molecule has 0 aliphatic rings. The van der Waals surface area contributed by atoms with Gasteiger partial charge in [0.25, 0.3) is 0 Å². The van der Waals surface area contributed by atoms with Crippen LogP contribution in [0.5, 0.6) is 0 Å². The van der Waals surface area contributed by atoms with Crippen LogP contribution in [0.1, 0.15) is 52.7 Å². The highest BCUT2D eigenvalue weighted by Crippen LogP contribution is 2.48. The standard InChI is InChI=1S/C54H60Si2/c1-7-55(8-2,9-3)35-33-43-46-32-31-39-23-19-20-28-42(39)54(46)47(34-36-56(10-4,11-5)12-6)49-38-51-50(37-48(43)49)52(40-24-15-13-16-25-40)44-29-21-22-30-45(44)53(51)41-26-17-14-18-27-41/h13-32,37-38H,7-12,33-36H2,1-6H3. The van der Waals surface area contributed by atoms with Gasteiger partial charge in [-0.1, -0.05) is 211 Å². The SMILES string of the molecule is CC[Si](CC)(CC)CCc1c2cc3c(-c4ccccc4)c4ccccc4c(-c4ccccc4)c3cc2c(CC[Si](CC)(CC)CC)c2c1ccc1ccccc12. The minimum atomic E-state index is -1.41. The maximum absolute atomic E-state index is 2.68. The van der Waals surface area contributed by atoms with E-state index in [0.29, 0.717) is 0 Å². The molecule has 0 nitrogen and oxygen atoms in total. The van der Waals surface area contributed by atoms with Crippen LogP contribution in [-0.2, 0) is 12.8 Å². The third-order valence-electron chi connectivity index (χ3n) is 14.8. The van der Waals surface area contributed by atoms with Crippen LogP contribution in [0.2, 0.25) is 48.4 Å². The molecular formula is C54H60Si2. The zero-order valence-electron chi connectivity index (χ0n) is 34.8. The van der Waals surface area contributed by atoms with Gasteiger partial charge in [0.05, 0.1) is 16.1 Å². The topological polar surface area (TPSA) is 0 Å². The molecule has 8 aromatic carbocycles. The minimum Gasteiger partial charge on any atom is -0.0678 e. The summed E-state index contributed by atoms with van der Waals surface area (Å²) < 4.78 is 0. The molecule has 0 bridgehead atoms. The maximum atomic E-state index is 2.68. The number of hydrogen-bond donors (Lipinski definition) is 0. The first kappa shape index (κ1) is 38.4. The highest BCUT2D eigenvalue weighted by Gasteiger charge is 2.30. The summed E-state index contributed by atoms with van der Waals surface area (Å²) in [7, 11) is -2.81. The molecule has 0 aromatic heterocycles. The van der Waals surface area contributed by atoms with Gasteiger partial charge in [-0.05, 0) is 112 Å². The highest BCUT2D eigenvalue weighted by molar-refractivity contribution is 6.80. The van der Waals surface area contributed by atoms with Crippen LogP contribution in [0.4, 0.5) is 0 Å². The summed E-state index contributed by atoms with van der Waals surface area (Å²) in [4.78, 5) is 0. The number of rotatable bonds is 14. The third kappa shape index (κ3) is 6.63. The fraction of sp³-hybridized carbons (Fsp3) is 0.296. The summed E-state index contributed by atoms with van der Waals surface area (Å²) in [5.74, 6) is 0. The van der Waals surface area contributed by atoms with Gasteiger partial charge in [0.1, 0.15) is 0 Å². The lowest BCUT2D eigenvalue weighted by molar-refractivity contribution is 1.03. The van der Waals surface area contributed by atoms with Gasteiger partial charge >= 0.3 is 0 Å². The van der Waals surface area contributed by atoms with E-state index in [-0.39, 0.29) is 0 Å². The average molecular weight is 765 g/mol. The molecule has 0 amide bonds. The van der Waals surface area contributed by atoms with Gasteiger partial charge in [-0.2, -0.15) is 0 Å². The molecule has 0 aliphatic carbocycles. The van der Waals surface area contributed by atoms with Crippen molar-refractivity contribution in [3.8, 4) is 22.3 Å². The number of aryl methyl sites for hydroxylation is 2. The van der Waals surface area contributed by atoms with E-state index in [4.69, 9.17) is 0 Å². The normalized spacial score (nSPS) is 12.5. The first-order valence-corrected chi connectivity index (χ1v) is 27.5. The van der Waals surface area contributed by atoms with Gasteiger partial charge in [0.15, 0.2) is 0 Å². The average Bonchev–Trinajstić information content (AvgIpc) is 3.26. The Hall–Kier alpha value is -4.51. The van der Waals surface area contributed by atoms with Crippen LogP contribution in [0.25, 0.3) is 76.1 Å². The van der Waals surface area contributed by atoms with Crippen molar-refractivity contribution in [1.29, 1.82) is 0 Å². The van der Waals surface area contributed by atoms with E-state index in [1.807, 2.05) is 0 Å². The Morgan fingerprint density at radius 2 is 0.750 bits per heavy atom. The lowest BCUT2D eigenvalue weighted by Gasteiger charge is -2.30. The van der Waals surface area contributed by atoms with Gasteiger partial charge in [-0.3, -0.25) is 0 Å². The van der Waals surface area contributed by atoms with E-state index in [1.54, 1.807) is 11.1 Å². The molecule has 0 aliphatic heterocycles. The third-order valence-corrected chi connectivity index (χ3v) is 26.4. The Balaban J connectivity index is 1.59. The summed E-state index contributed by atoms with van der Waals surface area (Å²) in [6, 6.07) is 62.0. The monoisotopic (exact) mass is 764 g/mol. The van der Waals surface area contributed by atoms with E-state index >= 15 is 0 Å². The molecule has 0 N–H and O–H groups in total. The van der Waals surface area contributed by atoms with Crippen LogP contribution in [0.3, 0.4) is 0 Å². The van der Waals surface area contributed by atoms with Gasteiger partial charge in [0, 0.05) is 0 Å². The van der Waals surface area contributed by atoms with Crippen LogP contribution in [-0.4, -0.2) is 16.1 Å². The molecule has 0 heterocycles. The van der Waals surface area contributed by atoms with Crippen molar-refractivity contribution in [3.05, 3.63) is 145 Å². The summed E-state index contributed by atoms with van der Waals surface area (Å²) in [5, 5.41) is 14.2. The Morgan fingerprint density at radius 1 is 0.339 bits per heavy atom.